The molecule has 172 valence electrons. The van der Waals surface area contributed by atoms with Gasteiger partial charge < -0.3 is 9.47 Å². The summed E-state index contributed by atoms with van der Waals surface area (Å²) in [5.74, 6) is -0.254. The molecule has 2 aromatic rings. The molecule has 7 heteroatoms. The van der Waals surface area contributed by atoms with Crippen LogP contribution in [0.4, 0.5) is 13.2 Å². The predicted octanol–water partition coefficient (Wildman–Crippen LogP) is 6.03. The van der Waals surface area contributed by atoms with E-state index >= 15 is 0 Å². The summed E-state index contributed by atoms with van der Waals surface area (Å²) in [5.41, 5.74) is 1.03. The summed E-state index contributed by atoms with van der Waals surface area (Å²) in [6.45, 7) is 9.05. The molecule has 0 N–H and O–H groups in total. The number of rotatable bonds is 7. The highest BCUT2D eigenvalue weighted by molar-refractivity contribution is 6.00. The Morgan fingerprint density at radius 2 is 1.59 bits per heavy atom. The predicted molar refractivity (Wildman–Crippen MR) is 114 cm³/mol. The van der Waals surface area contributed by atoms with E-state index in [4.69, 9.17) is 9.47 Å². The third kappa shape index (κ3) is 4.97. The number of ketones is 1. The monoisotopic (exact) mass is 448 g/mol. The number of hydrogen-bond acceptors (Lipinski definition) is 4. The van der Waals surface area contributed by atoms with Gasteiger partial charge in [-0.3, -0.25) is 4.79 Å². The van der Waals surface area contributed by atoms with Gasteiger partial charge in [0.1, 0.15) is 5.75 Å². The van der Waals surface area contributed by atoms with Crippen LogP contribution in [0.5, 0.6) is 5.75 Å². The van der Waals surface area contributed by atoms with Crippen LogP contribution in [-0.4, -0.2) is 24.0 Å². The molecule has 0 radical (unpaired) electrons. The fraction of sp³-hybridized carbons (Fsp3) is 0.440. The number of carbonyl (C=O) groups excluding carboxylic acids is 2. The van der Waals surface area contributed by atoms with Crippen molar-refractivity contribution in [2.45, 2.75) is 58.7 Å². The molecule has 2 aromatic carbocycles. The number of hydrogen-bond donors (Lipinski definition) is 0. The number of Topliss-reactive ketones (excluding diaryl/α,β-unsaturated/α-hetero) is 1. The zero-order valence-corrected chi connectivity index (χ0v) is 18.8. The lowest BCUT2D eigenvalue weighted by atomic mass is 9.98. The van der Waals surface area contributed by atoms with Crippen molar-refractivity contribution in [2.24, 2.45) is 5.92 Å². The van der Waals surface area contributed by atoms with E-state index in [1.54, 1.807) is 20.8 Å². The molecule has 2 atom stereocenters. The molecule has 0 saturated heterocycles. The Morgan fingerprint density at radius 1 is 1.03 bits per heavy atom. The van der Waals surface area contributed by atoms with Gasteiger partial charge in [0.25, 0.3) is 0 Å². The normalized spacial score (nSPS) is 18.2. The van der Waals surface area contributed by atoms with Crippen molar-refractivity contribution in [3.8, 4) is 5.75 Å². The van der Waals surface area contributed by atoms with E-state index in [0.29, 0.717) is 12.2 Å². The van der Waals surface area contributed by atoms with Gasteiger partial charge in [-0.15, -0.1) is 0 Å². The lowest BCUT2D eigenvalue weighted by molar-refractivity contribution is -0.158. The molecule has 1 aliphatic carbocycles. The van der Waals surface area contributed by atoms with Crippen LogP contribution in [0.3, 0.4) is 0 Å². The topological polar surface area (TPSA) is 52.6 Å². The van der Waals surface area contributed by atoms with E-state index < -0.39 is 23.3 Å². The van der Waals surface area contributed by atoms with Crippen molar-refractivity contribution in [1.29, 1.82) is 0 Å². The van der Waals surface area contributed by atoms with E-state index in [2.05, 4.69) is 0 Å². The van der Waals surface area contributed by atoms with Gasteiger partial charge in [0.05, 0.1) is 12.2 Å². The third-order valence-corrected chi connectivity index (χ3v) is 5.66. The highest BCUT2D eigenvalue weighted by Gasteiger charge is 2.44. The number of halogens is 3. The first-order valence-electron chi connectivity index (χ1n) is 10.5. The van der Waals surface area contributed by atoms with Crippen molar-refractivity contribution in [2.75, 3.05) is 6.61 Å². The van der Waals surface area contributed by atoms with Gasteiger partial charge in [-0.2, -0.15) is 13.2 Å². The second kappa shape index (κ2) is 8.60. The summed E-state index contributed by atoms with van der Waals surface area (Å²) in [5, 5.41) is 0. The fourth-order valence-corrected chi connectivity index (χ4v) is 3.85. The maximum atomic E-state index is 12.8. The first-order valence-corrected chi connectivity index (χ1v) is 10.5. The van der Waals surface area contributed by atoms with Gasteiger partial charge in [0.15, 0.2) is 11.4 Å². The van der Waals surface area contributed by atoms with Crippen molar-refractivity contribution in [3.05, 3.63) is 64.2 Å². The molecule has 0 amide bonds. The zero-order valence-electron chi connectivity index (χ0n) is 18.8. The Labute approximate surface area is 185 Å². The van der Waals surface area contributed by atoms with Crippen molar-refractivity contribution >= 4 is 11.8 Å². The molecule has 3 rings (SSSR count). The van der Waals surface area contributed by atoms with E-state index in [1.807, 2.05) is 26.0 Å². The molecule has 0 spiro atoms. The number of esters is 1. The second-order valence-electron chi connectivity index (χ2n) is 8.70. The largest absolute Gasteiger partial charge is 0.476 e. The molecule has 0 aliphatic heterocycles. The number of carbonyl (C=O) groups is 2. The van der Waals surface area contributed by atoms with Gasteiger partial charge in [-0.05, 0) is 75.8 Å². The van der Waals surface area contributed by atoms with E-state index in [1.165, 1.54) is 12.1 Å². The Morgan fingerprint density at radius 3 is 2.09 bits per heavy atom. The minimum Gasteiger partial charge on any atom is -0.476 e. The Hall–Kier alpha value is -2.83. The van der Waals surface area contributed by atoms with E-state index in [9.17, 15) is 22.8 Å². The molecule has 1 aliphatic rings. The van der Waals surface area contributed by atoms with Crippen molar-refractivity contribution in [1.82, 2.24) is 0 Å². The van der Waals surface area contributed by atoms with Crippen LogP contribution in [0.25, 0.3) is 0 Å². The molecular formula is C25H27F3O4. The summed E-state index contributed by atoms with van der Waals surface area (Å²) in [6, 6.07) is 8.24. The van der Waals surface area contributed by atoms with Crippen molar-refractivity contribution in [3.63, 3.8) is 0 Å². The Kier molecular flexibility index (Phi) is 6.40. The molecule has 1 fully saturated rings. The smallest absolute Gasteiger partial charge is 0.416 e. The summed E-state index contributed by atoms with van der Waals surface area (Å²) in [7, 11) is 0. The molecule has 1 saturated carbocycles. The first kappa shape index (κ1) is 23.8. The van der Waals surface area contributed by atoms with Gasteiger partial charge in [0, 0.05) is 11.5 Å². The van der Waals surface area contributed by atoms with E-state index in [0.717, 1.165) is 28.8 Å². The standard InChI is InChI=1S/C25H27F3O4/c1-6-31-23(30)24(4,5)32-22-14(2)11-17(12-15(22)3)19-13-20(19)21(29)16-7-9-18(10-8-16)25(26,27)28/h7-12,19-20H,6,13H2,1-5H3. The lowest BCUT2D eigenvalue weighted by Crippen LogP contribution is -2.40. The van der Waals surface area contributed by atoms with Gasteiger partial charge >= 0.3 is 12.1 Å². The average molecular weight is 448 g/mol. The summed E-state index contributed by atoms with van der Waals surface area (Å²) in [4.78, 5) is 24.9. The zero-order chi connectivity index (χ0) is 23.8. The molecule has 0 aromatic heterocycles. The minimum atomic E-state index is -4.43. The summed E-state index contributed by atoms with van der Waals surface area (Å²) >= 11 is 0. The number of benzene rings is 2. The van der Waals surface area contributed by atoms with Gasteiger partial charge in [-0.25, -0.2) is 4.79 Å². The lowest BCUT2D eigenvalue weighted by Gasteiger charge is -2.26. The maximum absolute atomic E-state index is 12.8. The highest BCUT2D eigenvalue weighted by Crippen LogP contribution is 2.50. The van der Waals surface area contributed by atoms with Crippen LogP contribution in [0, 0.1) is 19.8 Å². The number of ether oxygens (including phenoxy) is 2. The fourth-order valence-electron chi connectivity index (χ4n) is 3.85. The van der Waals surface area contributed by atoms with Crippen LogP contribution in [0.15, 0.2) is 36.4 Å². The molecule has 0 heterocycles. The highest BCUT2D eigenvalue weighted by atomic mass is 19.4. The number of alkyl halides is 3. The number of aryl methyl sites for hydroxylation is 2. The molecule has 32 heavy (non-hydrogen) atoms. The van der Waals surface area contributed by atoms with Crippen LogP contribution in [-0.2, 0) is 15.7 Å². The van der Waals surface area contributed by atoms with Crippen LogP contribution in [0.1, 0.15) is 65.7 Å². The quantitative estimate of drug-likeness (QED) is 0.383. The average Bonchev–Trinajstić information content (AvgIpc) is 3.50. The molecule has 0 bridgehead atoms. The molecule has 4 nitrogen and oxygen atoms in total. The third-order valence-electron chi connectivity index (χ3n) is 5.66. The molecular weight excluding hydrogens is 421 g/mol. The SMILES string of the molecule is CCOC(=O)C(C)(C)Oc1c(C)cc(C2CC2C(=O)c2ccc(C(F)(F)F)cc2)cc1C. The summed E-state index contributed by atoms with van der Waals surface area (Å²) in [6.07, 6.45) is -3.78. The van der Waals surface area contributed by atoms with E-state index in [-0.39, 0.29) is 29.8 Å². The maximum Gasteiger partial charge on any atom is 0.416 e. The van der Waals surface area contributed by atoms with Gasteiger partial charge in [0.2, 0.25) is 0 Å². The van der Waals surface area contributed by atoms with Crippen LogP contribution < -0.4 is 4.74 Å². The Balaban J connectivity index is 1.74. The minimum absolute atomic E-state index is 0.00862. The van der Waals surface area contributed by atoms with Crippen LogP contribution in [0.2, 0.25) is 0 Å². The second-order valence-corrected chi connectivity index (χ2v) is 8.70. The van der Waals surface area contributed by atoms with Gasteiger partial charge in [-0.1, -0.05) is 24.3 Å². The summed E-state index contributed by atoms with van der Waals surface area (Å²) < 4.78 is 49.3. The van der Waals surface area contributed by atoms with Crippen molar-refractivity contribution < 1.29 is 32.2 Å². The van der Waals surface area contributed by atoms with Crippen LogP contribution >= 0.6 is 0 Å². The Bertz CT molecular complexity index is 999. The first-order chi connectivity index (χ1) is 14.8. The molecule has 2 unspecified atom stereocenters.